The molecule has 2 aromatic carbocycles. The van der Waals surface area contributed by atoms with Crippen molar-refractivity contribution >= 4 is 34.6 Å². The number of hydrogen-bond acceptors (Lipinski definition) is 10. The lowest BCUT2D eigenvalue weighted by molar-refractivity contribution is -0.155. The lowest BCUT2D eigenvalue weighted by Crippen LogP contribution is -2.62. The number of carbonyl (C=O) groups excluding carboxylic acids is 4. The summed E-state index contributed by atoms with van der Waals surface area (Å²) in [5.74, 6) is -2.22. The number of hydrazine groups is 1. The fraction of sp³-hybridized carbons (Fsp3) is 0.511. The van der Waals surface area contributed by atoms with Crippen LogP contribution < -0.4 is 16.5 Å². The molecule has 0 spiro atoms. The highest BCUT2D eigenvalue weighted by atomic mass is 16.5. The van der Waals surface area contributed by atoms with E-state index in [1.807, 2.05) is 39.0 Å². The van der Waals surface area contributed by atoms with Gasteiger partial charge in [-0.15, -0.1) is 0 Å². The second-order valence-corrected chi connectivity index (χ2v) is 18.2. The van der Waals surface area contributed by atoms with Crippen molar-refractivity contribution in [3.05, 3.63) is 71.5 Å². The summed E-state index contributed by atoms with van der Waals surface area (Å²) >= 11 is 0. The van der Waals surface area contributed by atoms with Crippen LogP contribution in [0.25, 0.3) is 33.3 Å². The number of pyridine rings is 1. The number of fused-ring (bicyclic) bond motifs is 6. The third-order valence-electron chi connectivity index (χ3n) is 12.5. The third kappa shape index (κ3) is 9.03. The first-order valence-corrected chi connectivity index (χ1v) is 21.5. The summed E-state index contributed by atoms with van der Waals surface area (Å²) in [6.07, 6.45) is 3.64. The molecule has 3 amide bonds. The van der Waals surface area contributed by atoms with Gasteiger partial charge in [-0.2, -0.15) is 0 Å². The first-order valence-electron chi connectivity index (χ1n) is 21.5. The van der Waals surface area contributed by atoms with Gasteiger partial charge in [0, 0.05) is 67.8 Å². The van der Waals surface area contributed by atoms with Crippen LogP contribution in [0.1, 0.15) is 83.7 Å². The van der Waals surface area contributed by atoms with Gasteiger partial charge in [0.05, 0.1) is 30.0 Å². The van der Waals surface area contributed by atoms with E-state index in [2.05, 4.69) is 54.3 Å². The molecule has 2 aliphatic heterocycles. The Labute approximate surface area is 358 Å². The fourth-order valence-electron chi connectivity index (χ4n) is 9.15. The van der Waals surface area contributed by atoms with E-state index >= 15 is 0 Å². The van der Waals surface area contributed by atoms with E-state index in [0.717, 1.165) is 44.5 Å². The zero-order valence-electron chi connectivity index (χ0n) is 36.7. The monoisotopic (exact) mass is 835 g/mol. The van der Waals surface area contributed by atoms with Gasteiger partial charge in [0.2, 0.25) is 11.8 Å². The zero-order chi connectivity index (χ0) is 43.9. The second kappa shape index (κ2) is 17.6. The highest BCUT2D eigenvalue weighted by Crippen LogP contribution is 2.42. The van der Waals surface area contributed by atoms with Gasteiger partial charge in [0.1, 0.15) is 23.9 Å². The Balaban J connectivity index is 1.35. The summed E-state index contributed by atoms with van der Waals surface area (Å²) < 4.78 is 14.2. The number of likely N-dealkylation sites (N-methyl/N-ethyl adjacent to an activating group) is 1. The Kier molecular flexibility index (Phi) is 12.6. The molecule has 3 aliphatic rings. The molecular weight excluding hydrogens is 775 g/mol. The van der Waals surface area contributed by atoms with Gasteiger partial charge in [-0.3, -0.25) is 29.2 Å². The average molecular weight is 836 g/mol. The molecule has 0 radical (unpaired) electrons. The maximum Gasteiger partial charge on any atom is 0.324 e. The molecule has 2 fully saturated rings. The number of aryl methyl sites for hydroxylation is 1. The number of amides is 3. The van der Waals surface area contributed by atoms with Crippen LogP contribution in [0.5, 0.6) is 5.75 Å². The number of aromatic hydroxyl groups is 1. The van der Waals surface area contributed by atoms with E-state index in [0.29, 0.717) is 44.3 Å². The van der Waals surface area contributed by atoms with Gasteiger partial charge in [0.15, 0.2) is 0 Å². The maximum atomic E-state index is 14.6. The van der Waals surface area contributed by atoms with Gasteiger partial charge in [-0.25, -0.2) is 5.43 Å². The number of esters is 1. The van der Waals surface area contributed by atoms with Crippen LogP contribution in [0.2, 0.25) is 0 Å². The number of nitrogens with two attached hydrogens (primary N) is 1. The third-order valence-corrected chi connectivity index (χ3v) is 12.5. The lowest BCUT2D eigenvalue weighted by Gasteiger charge is -2.36. The number of nitrogens with zero attached hydrogens (tertiary/aromatic N) is 4. The van der Waals surface area contributed by atoms with Gasteiger partial charge < -0.3 is 35.1 Å². The van der Waals surface area contributed by atoms with Crippen molar-refractivity contribution in [3.63, 3.8) is 0 Å². The summed E-state index contributed by atoms with van der Waals surface area (Å²) in [6, 6.07) is 12.5. The molecule has 4 heterocycles. The summed E-state index contributed by atoms with van der Waals surface area (Å²) in [6.45, 7) is 13.1. The van der Waals surface area contributed by atoms with E-state index in [-0.39, 0.29) is 48.7 Å². The van der Waals surface area contributed by atoms with Crippen molar-refractivity contribution in [1.29, 1.82) is 0 Å². The summed E-state index contributed by atoms with van der Waals surface area (Å²) in [5.41, 5.74) is 15.7. The van der Waals surface area contributed by atoms with Gasteiger partial charge in [0.25, 0.3) is 5.91 Å². The van der Waals surface area contributed by atoms with Gasteiger partial charge >= 0.3 is 5.97 Å². The molecule has 61 heavy (non-hydrogen) atoms. The van der Waals surface area contributed by atoms with E-state index < -0.39 is 41.3 Å². The molecule has 7 rings (SSSR count). The fourth-order valence-corrected chi connectivity index (χ4v) is 9.15. The summed E-state index contributed by atoms with van der Waals surface area (Å²) in [7, 11) is 3.28. The predicted molar refractivity (Wildman–Crippen MR) is 233 cm³/mol. The number of phenols is 1. The van der Waals surface area contributed by atoms with Crippen molar-refractivity contribution in [2.24, 2.45) is 23.0 Å². The second-order valence-electron chi connectivity index (χ2n) is 18.2. The molecule has 6 bridgehead atoms. The molecular formula is C47H61N7O7. The van der Waals surface area contributed by atoms with Crippen LogP contribution in [0.15, 0.2) is 54.7 Å². The van der Waals surface area contributed by atoms with Gasteiger partial charge in [-0.1, -0.05) is 39.8 Å². The highest BCUT2D eigenvalue weighted by molar-refractivity contribution is 5.96. The molecule has 4 aromatic rings. The van der Waals surface area contributed by atoms with E-state index in [1.165, 1.54) is 9.91 Å². The number of ether oxygens (including phenoxy) is 2. The number of carbonyl (C=O) groups is 4. The topological polar surface area (TPSA) is 181 Å². The highest BCUT2D eigenvalue weighted by Gasteiger charge is 2.45. The Hall–Kier alpha value is -5.31. The largest absolute Gasteiger partial charge is 0.508 e. The van der Waals surface area contributed by atoms with Gasteiger partial charge in [-0.05, 0) is 104 Å². The zero-order valence-corrected chi connectivity index (χ0v) is 36.7. The minimum atomic E-state index is -1.12. The SMILES string of the molecule is CCn1c(-c2cccnc2[C@H](C)OC)c2c3cc(ccc31)-c1cc(O)cc(c1)C[C@H](NC(=O)[C@H](C(C)C)N(C)C(=O)[C@H]1C[C@@H]1N)C(=O)N1CCC[C@H](N1)C(=O)OCC(C)(C)C2. The molecule has 14 nitrogen and oxygen atoms in total. The molecule has 2 aromatic heterocycles. The molecule has 5 N–H and O–H groups in total. The number of phenolic OH excluding ortho intramolecular Hbond substituents is 1. The van der Waals surface area contributed by atoms with Crippen molar-refractivity contribution < 1.29 is 33.8 Å². The Morgan fingerprint density at radius 3 is 2.57 bits per heavy atom. The summed E-state index contributed by atoms with van der Waals surface area (Å²) in [5, 5.41) is 16.6. The molecule has 1 saturated carbocycles. The maximum absolute atomic E-state index is 14.6. The minimum absolute atomic E-state index is 0.00585. The molecule has 326 valence electrons. The number of nitrogens with one attached hydrogen (secondary N) is 2. The number of hydrogen-bond donors (Lipinski definition) is 4. The molecule has 14 heteroatoms. The lowest BCUT2D eigenvalue weighted by atomic mass is 9.84. The average Bonchev–Trinajstić information content (AvgIpc) is 3.90. The van der Waals surface area contributed by atoms with Crippen molar-refractivity contribution in [1.82, 2.24) is 30.2 Å². The van der Waals surface area contributed by atoms with Crippen LogP contribution in [0, 0.1) is 17.3 Å². The summed E-state index contributed by atoms with van der Waals surface area (Å²) in [4.78, 5) is 62.2. The standard InChI is InChI=1S/C47H61N7O7/c1-9-53-39-15-14-29-22-33(39)35(42(53)32-12-10-16-49-40(32)27(4)60-8)24-47(5,6)25-61-46(59)37-13-11-17-54(51-37)45(58)38(20-28-18-30(29)21-31(55)19-28)50-43(56)41(26(2)3)52(7)44(57)34-23-36(34)48/h10,12,14-16,18-19,21-22,26-27,34,36-38,41,51,55H,9,11,13,17,20,23-25,48H2,1-8H3,(H,50,56)/t27-,34-,36-,37-,38-,41-/m0/s1. The predicted octanol–water partition coefficient (Wildman–Crippen LogP) is 5.28. The Bertz CT molecular complexity index is 2320. The van der Waals surface area contributed by atoms with E-state index in [4.69, 9.17) is 20.2 Å². The quantitative estimate of drug-likeness (QED) is 0.162. The van der Waals surface area contributed by atoms with Crippen LogP contribution >= 0.6 is 0 Å². The number of cyclic esters (lactones) is 1. The Morgan fingerprint density at radius 1 is 1.13 bits per heavy atom. The minimum Gasteiger partial charge on any atom is -0.508 e. The van der Waals surface area contributed by atoms with Crippen LogP contribution in [-0.4, -0.2) is 99.7 Å². The van der Waals surface area contributed by atoms with Crippen molar-refractivity contribution in [2.75, 3.05) is 27.3 Å². The number of benzene rings is 2. The molecule has 6 atom stereocenters. The number of aromatic nitrogens is 2. The first-order chi connectivity index (χ1) is 29.0. The number of methoxy groups -OCH3 is 1. The number of rotatable bonds is 9. The van der Waals surface area contributed by atoms with Crippen LogP contribution in [-0.2, 0) is 48.0 Å². The normalized spacial score (nSPS) is 22.6. The van der Waals surface area contributed by atoms with Crippen LogP contribution in [0.4, 0.5) is 0 Å². The van der Waals surface area contributed by atoms with E-state index in [1.54, 1.807) is 32.5 Å². The van der Waals surface area contributed by atoms with Crippen molar-refractivity contribution in [3.8, 4) is 28.1 Å². The smallest absolute Gasteiger partial charge is 0.324 e. The molecule has 1 aliphatic carbocycles. The molecule has 0 unspecified atom stereocenters. The molecule has 1 saturated heterocycles. The van der Waals surface area contributed by atoms with E-state index in [9.17, 15) is 24.3 Å². The van der Waals surface area contributed by atoms with Crippen molar-refractivity contribution in [2.45, 2.75) is 110 Å². The van der Waals surface area contributed by atoms with Crippen LogP contribution in [0.3, 0.4) is 0 Å². The Morgan fingerprint density at radius 2 is 1.89 bits per heavy atom. The first kappa shape index (κ1) is 43.8.